The Balaban J connectivity index is 1.90. The highest BCUT2D eigenvalue weighted by atomic mass is 35.5. The highest BCUT2D eigenvalue weighted by Gasteiger charge is 2.18. The molecule has 3 nitrogen and oxygen atoms in total. The number of nitrogens with one attached hydrogen (secondary N) is 1. The third-order valence-corrected chi connectivity index (χ3v) is 3.54. The first kappa shape index (κ1) is 13.5. The molecule has 1 amide bonds. The van der Waals surface area contributed by atoms with Crippen LogP contribution in [0.3, 0.4) is 0 Å². The second kappa shape index (κ2) is 6.30. The number of hydrogen-bond acceptors (Lipinski definition) is 2. The fourth-order valence-electron chi connectivity index (χ4n) is 2.06. The molecule has 1 aromatic carbocycles. The van der Waals surface area contributed by atoms with Gasteiger partial charge in [-0.2, -0.15) is 0 Å². The molecule has 0 heterocycles. The predicted octanol–water partition coefficient (Wildman–Crippen LogP) is 4.87. The number of amides is 1. The van der Waals surface area contributed by atoms with Gasteiger partial charge in [0.25, 0.3) is 0 Å². The van der Waals surface area contributed by atoms with Crippen LogP contribution in [0.15, 0.2) is 18.2 Å². The van der Waals surface area contributed by atoms with Crippen LogP contribution < -0.4 is 5.32 Å². The molecule has 1 fully saturated rings. The van der Waals surface area contributed by atoms with Crippen LogP contribution in [-0.4, -0.2) is 12.2 Å². The Morgan fingerprint density at radius 1 is 1.22 bits per heavy atom. The van der Waals surface area contributed by atoms with E-state index < -0.39 is 6.09 Å². The van der Waals surface area contributed by atoms with Gasteiger partial charge in [0, 0.05) is 5.02 Å². The molecular formula is C13H15Cl2NO2. The van der Waals surface area contributed by atoms with E-state index in [0.717, 1.165) is 25.7 Å². The molecule has 0 radical (unpaired) electrons. The van der Waals surface area contributed by atoms with Crippen LogP contribution in [0.1, 0.15) is 32.1 Å². The zero-order chi connectivity index (χ0) is 13.0. The van der Waals surface area contributed by atoms with Crippen molar-refractivity contribution in [2.24, 2.45) is 0 Å². The lowest BCUT2D eigenvalue weighted by molar-refractivity contribution is 0.0865. The summed E-state index contributed by atoms with van der Waals surface area (Å²) in [4.78, 5) is 11.7. The van der Waals surface area contributed by atoms with Crippen LogP contribution in [0.5, 0.6) is 0 Å². The standard InChI is InChI=1S/C13H15Cl2NO2/c14-9-6-7-12(11(15)8-9)16-13(17)18-10-4-2-1-3-5-10/h6-8,10H,1-5H2,(H,16,17). The Hall–Kier alpha value is -0.930. The highest BCUT2D eigenvalue weighted by molar-refractivity contribution is 6.36. The largest absolute Gasteiger partial charge is 0.446 e. The Morgan fingerprint density at radius 3 is 2.61 bits per heavy atom. The van der Waals surface area contributed by atoms with Crippen molar-refractivity contribution in [3.8, 4) is 0 Å². The molecule has 1 aromatic rings. The number of halogens is 2. The molecule has 5 heteroatoms. The molecule has 0 spiro atoms. The third kappa shape index (κ3) is 3.79. The van der Waals surface area contributed by atoms with Crippen molar-refractivity contribution in [1.29, 1.82) is 0 Å². The molecule has 2 rings (SSSR count). The molecule has 1 saturated carbocycles. The molecule has 1 aliphatic rings. The van der Waals surface area contributed by atoms with Crippen molar-refractivity contribution in [2.45, 2.75) is 38.2 Å². The molecule has 98 valence electrons. The zero-order valence-electron chi connectivity index (χ0n) is 9.92. The van der Waals surface area contributed by atoms with Gasteiger partial charge in [-0.3, -0.25) is 5.32 Å². The minimum Gasteiger partial charge on any atom is -0.446 e. The van der Waals surface area contributed by atoms with Gasteiger partial charge in [-0.05, 0) is 43.9 Å². The second-order valence-corrected chi connectivity index (χ2v) is 5.26. The Bertz CT molecular complexity index is 431. The Kier molecular flexibility index (Phi) is 4.72. The fraction of sp³-hybridized carbons (Fsp3) is 0.462. The zero-order valence-corrected chi connectivity index (χ0v) is 11.4. The van der Waals surface area contributed by atoms with E-state index in [-0.39, 0.29) is 6.10 Å². The van der Waals surface area contributed by atoms with Gasteiger partial charge in [-0.25, -0.2) is 4.79 Å². The quantitative estimate of drug-likeness (QED) is 0.842. The number of rotatable bonds is 2. The lowest BCUT2D eigenvalue weighted by Crippen LogP contribution is -2.24. The van der Waals surface area contributed by atoms with E-state index >= 15 is 0 Å². The van der Waals surface area contributed by atoms with Gasteiger partial charge in [0.15, 0.2) is 0 Å². The average Bonchev–Trinajstić information content (AvgIpc) is 2.34. The lowest BCUT2D eigenvalue weighted by Gasteiger charge is -2.22. The molecule has 0 atom stereocenters. The number of anilines is 1. The highest BCUT2D eigenvalue weighted by Crippen LogP contribution is 2.26. The van der Waals surface area contributed by atoms with E-state index in [1.54, 1.807) is 18.2 Å². The van der Waals surface area contributed by atoms with E-state index in [2.05, 4.69) is 5.32 Å². The summed E-state index contributed by atoms with van der Waals surface area (Å²) in [5, 5.41) is 3.57. The molecule has 0 bridgehead atoms. The number of carbonyl (C=O) groups is 1. The average molecular weight is 288 g/mol. The Morgan fingerprint density at radius 2 is 1.94 bits per heavy atom. The molecule has 1 aliphatic carbocycles. The van der Waals surface area contributed by atoms with Crippen molar-refractivity contribution >= 4 is 35.0 Å². The van der Waals surface area contributed by atoms with Crippen LogP contribution in [0, 0.1) is 0 Å². The molecule has 18 heavy (non-hydrogen) atoms. The maximum Gasteiger partial charge on any atom is 0.411 e. The monoisotopic (exact) mass is 287 g/mol. The number of carbonyl (C=O) groups excluding carboxylic acids is 1. The summed E-state index contributed by atoms with van der Waals surface area (Å²) in [5.41, 5.74) is 0.516. The summed E-state index contributed by atoms with van der Waals surface area (Å²) in [6, 6.07) is 4.91. The van der Waals surface area contributed by atoms with Crippen LogP contribution in [-0.2, 0) is 4.74 Å². The third-order valence-electron chi connectivity index (χ3n) is 2.99. The van der Waals surface area contributed by atoms with Gasteiger partial charge in [0.2, 0.25) is 0 Å². The number of benzene rings is 1. The van der Waals surface area contributed by atoms with Crippen LogP contribution in [0.4, 0.5) is 10.5 Å². The minimum absolute atomic E-state index is 0.0322. The van der Waals surface area contributed by atoms with Crippen LogP contribution in [0.2, 0.25) is 10.0 Å². The van der Waals surface area contributed by atoms with E-state index in [9.17, 15) is 4.79 Å². The van der Waals surface area contributed by atoms with Crippen molar-refractivity contribution < 1.29 is 9.53 Å². The smallest absolute Gasteiger partial charge is 0.411 e. The fourth-order valence-corrected chi connectivity index (χ4v) is 2.52. The van der Waals surface area contributed by atoms with Crippen LogP contribution >= 0.6 is 23.2 Å². The molecule has 0 aromatic heterocycles. The summed E-state index contributed by atoms with van der Waals surface area (Å²) in [6.07, 6.45) is 4.95. The summed E-state index contributed by atoms with van der Waals surface area (Å²) in [6.45, 7) is 0. The maximum atomic E-state index is 11.7. The SMILES string of the molecule is O=C(Nc1ccc(Cl)cc1Cl)OC1CCCCC1. The predicted molar refractivity (Wildman–Crippen MR) is 73.4 cm³/mol. The summed E-state index contributed by atoms with van der Waals surface area (Å²) in [5.74, 6) is 0. The first-order valence-corrected chi connectivity index (χ1v) is 6.83. The van der Waals surface area contributed by atoms with E-state index in [1.807, 2.05) is 0 Å². The number of hydrogen-bond donors (Lipinski definition) is 1. The van der Waals surface area contributed by atoms with Crippen molar-refractivity contribution in [3.63, 3.8) is 0 Å². The first-order chi connectivity index (χ1) is 8.65. The van der Waals surface area contributed by atoms with E-state index in [0.29, 0.717) is 15.7 Å². The van der Waals surface area contributed by atoms with Gasteiger partial charge in [-0.1, -0.05) is 29.6 Å². The summed E-state index contributed by atoms with van der Waals surface area (Å²) >= 11 is 11.7. The normalized spacial score (nSPS) is 16.3. The van der Waals surface area contributed by atoms with E-state index in [1.165, 1.54) is 6.42 Å². The molecule has 0 aliphatic heterocycles. The van der Waals surface area contributed by atoms with Crippen molar-refractivity contribution in [3.05, 3.63) is 28.2 Å². The molecule has 0 saturated heterocycles. The second-order valence-electron chi connectivity index (χ2n) is 4.41. The maximum absolute atomic E-state index is 11.7. The van der Waals surface area contributed by atoms with Crippen molar-refractivity contribution in [1.82, 2.24) is 0 Å². The molecular weight excluding hydrogens is 273 g/mol. The molecule has 1 N–H and O–H groups in total. The lowest BCUT2D eigenvalue weighted by atomic mass is 9.98. The van der Waals surface area contributed by atoms with E-state index in [4.69, 9.17) is 27.9 Å². The Labute approximate surface area is 116 Å². The molecule has 0 unspecified atom stereocenters. The van der Waals surface area contributed by atoms with Crippen molar-refractivity contribution in [2.75, 3.05) is 5.32 Å². The van der Waals surface area contributed by atoms with Crippen LogP contribution in [0.25, 0.3) is 0 Å². The summed E-state index contributed by atoms with van der Waals surface area (Å²) in [7, 11) is 0. The summed E-state index contributed by atoms with van der Waals surface area (Å²) < 4.78 is 5.34. The van der Waals surface area contributed by atoms with Gasteiger partial charge in [0.1, 0.15) is 6.10 Å². The van der Waals surface area contributed by atoms with Gasteiger partial charge >= 0.3 is 6.09 Å². The number of ether oxygens (including phenoxy) is 1. The van der Waals surface area contributed by atoms with Gasteiger partial charge in [0.05, 0.1) is 10.7 Å². The topological polar surface area (TPSA) is 38.3 Å². The van der Waals surface area contributed by atoms with Gasteiger partial charge < -0.3 is 4.74 Å². The van der Waals surface area contributed by atoms with Gasteiger partial charge in [-0.15, -0.1) is 0 Å². The first-order valence-electron chi connectivity index (χ1n) is 6.08. The minimum atomic E-state index is -0.453.